The third kappa shape index (κ3) is 4.22. The molecular formula is C17H27NO2. The average Bonchev–Trinajstić information content (AvgIpc) is 2.90. The first-order chi connectivity index (χ1) is 9.72. The van der Waals surface area contributed by atoms with Gasteiger partial charge in [0.2, 0.25) is 0 Å². The van der Waals surface area contributed by atoms with Gasteiger partial charge in [-0.25, -0.2) is 0 Å². The van der Waals surface area contributed by atoms with Crippen molar-refractivity contribution in [2.75, 3.05) is 13.7 Å². The zero-order valence-electron chi connectivity index (χ0n) is 12.9. The van der Waals surface area contributed by atoms with E-state index in [0.717, 1.165) is 31.6 Å². The van der Waals surface area contributed by atoms with Gasteiger partial charge in [-0.3, -0.25) is 0 Å². The predicted molar refractivity (Wildman–Crippen MR) is 82.3 cm³/mol. The van der Waals surface area contributed by atoms with Gasteiger partial charge in [0.15, 0.2) is 0 Å². The first kappa shape index (κ1) is 15.3. The van der Waals surface area contributed by atoms with Crippen molar-refractivity contribution in [2.45, 2.75) is 57.8 Å². The van der Waals surface area contributed by atoms with Crippen LogP contribution in [0.25, 0.3) is 0 Å². The van der Waals surface area contributed by atoms with Gasteiger partial charge in [0.25, 0.3) is 0 Å². The van der Waals surface area contributed by atoms with E-state index in [0.29, 0.717) is 18.2 Å². The highest BCUT2D eigenvalue weighted by Crippen LogP contribution is 2.24. The van der Waals surface area contributed by atoms with Crippen LogP contribution in [0.4, 0.5) is 0 Å². The molecule has 1 aliphatic heterocycles. The summed E-state index contributed by atoms with van der Waals surface area (Å²) in [4.78, 5) is 0. The molecule has 20 heavy (non-hydrogen) atoms. The van der Waals surface area contributed by atoms with Gasteiger partial charge < -0.3 is 14.8 Å². The molecule has 0 amide bonds. The van der Waals surface area contributed by atoms with Crippen molar-refractivity contribution in [1.82, 2.24) is 5.32 Å². The monoisotopic (exact) mass is 277 g/mol. The molecule has 1 N–H and O–H groups in total. The number of hydrogen-bond donors (Lipinski definition) is 1. The smallest absolute Gasteiger partial charge is 0.119 e. The van der Waals surface area contributed by atoms with E-state index in [4.69, 9.17) is 9.47 Å². The van der Waals surface area contributed by atoms with E-state index in [-0.39, 0.29) is 0 Å². The van der Waals surface area contributed by atoms with Crippen molar-refractivity contribution in [2.24, 2.45) is 0 Å². The lowest BCUT2D eigenvalue weighted by atomic mass is 9.99. The standard InChI is InChI=1S/C17H27NO2/c1-4-10-18-16(17-9-8-13(2)20-17)12-14-6-5-7-15(11-14)19-3/h5-7,11,13,16-18H,4,8-10,12H2,1-3H3. The minimum Gasteiger partial charge on any atom is -0.497 e. The molecule has 1 heterocycles. The molecule has 0 aromatic heterocycles. The zero-order chi connectivity index (χ0) is 14.4. The number of rotatable bonds is 7. The maximum atomic E-state index is 6.06. The van der Waals surface area contributed by atoms with Crippen molar-refractivity contribution in [3.05, 3.63) is 29.8 Å². The Morgan fingerprint density at radius 3 is 2.90 bits per heavy atom. The minimum atomic E-state index is 0.336. The van der Waals surface area contributed by atoms with Gasteiger partial charge >= 0.3 is 0 Å². The summed E-state index contributed by atoms with van der Waals surface area (Å²) in [5.41, 5.74) is 1.31. The van der Waals surface area contributed by atoms with Crippen LogP contribution in [-0.4, -0.2) is 31.9 Å². The molecule has 3 atom stereocenters. The van der Waals surface area contributed by atoms with Crippen molar-refractivity contribution >= 4 is 0 Å². The second-order valence-electron chi connectivity index (χ2n) is 5.68. The van der Waals surface area contributed by atoms with Crippen LogP contribution in [0.5, 0.6) is 5.75 Å². The van der Waals surface area contributed by atoms with Gasteiger partial charge in [0.05, 0.1) is 19.3 Å². The fourth-order valence-electron chi connectivity index (χ4n) is 2.85. The van der Waals surface area contributed by atoms with E-state index >= 15 is 0 Å². The Morgan fingerprint density at radius 2 is 2.25 bits per heavy atom. The molecule has 112 valence electrons. The van der Waals surface area contributed by atoms with Crippen LogP contribution in [0, 0.1) is 0 Å². The van der Waals surface area contributed by atoms with Crippen LogP contribution in [0.2, 0.25) is 0 Å². The Bertz CT molecular complexity index is 408. The number of methoxy groups -OCH3 is 1. The molecule has 1 saturated heterocycles. The van der Waals surface area contributed by atoms with E-state index in [1.807, 2.05) is 6.07 Å². The van der Waals surface area contributed by atoms with E-state index in [9.17, 15) is 0 Å². The van der Waals surface area contributed by atoms with Gasteiger partial charge in [-0.05, 0) is 56.8 Å². The largest absolute Gasteiger partial charge is 0.497 e. The van der Waals surface area contributed by atoms with Crippen molar-refractivity contribution in [1.29, 1.82) is 0 Å². The lowest BCUT2D eigenvalue weighted by Gasteiger charge is -2.25. The first-order valence-corrected chi connectivity index (χ1v) is 7.74. The van der Waals surface area contributed by atoms with Crippen LogP contribution >= 0.6 is 0 Å². The molecule has 1 fully saturated rings. The zero-order valence-corrected chi connectivity index (χ0v) is 12.9. The quantitative estimate of drug-likeness (QED) is 0.830. The van der Waals surface area contributed by atoms with E-state index in [2.05, 4.69) is 37.4 Å². The molecule has 0 aliphatic carbocycles. The summed E-state index contributed by atoms with van der Waals surface area (Å²) in [6.07, 6.45) is 5.21. The molecule has 3 unspecified atom stereocenters. The summed E-state index contributed by atoms with van der Waals surface area (Å²) in [5.74, 6) is 0.928. The highest BCUT2D eigenvalue weighted by atomic mass is 16.5. The van der Waals surface area contributed by atoms with Crippen LogP contribution in [-0.2, 0) is 11.2 Å². The van der Waals surface area contributed by atoms with E-state index < -0.39 is 0 Å². The van der Waals surface area contributed by atoms with Gasteiger partial charge in [0.1, 0.15) is 5.75 Å². The van der Waals surface area contributed by atoms with Gasteiger partial charge in [-0.1, -0.05) is 19.1 Å². The second-order valence-corrected chi connectivity index (χ2v) is 5.68. The molecule has 0 radical (unpaired) electrons. The molecule has 0 bridgehead atoms. The Hall–Kier alpha value is -1.06. The Kier molecular flexibility index (Phi) is 5.86. The third-order valence-corrected chi connectivity index (χ3v) is 3.96. The summed E-state index contributed by atoms with van der Waals surface area (Å²) < 4.78 is 11.4. The lowest BCUT2D eigenvalue weighted by molar-refractivity contribution is 0.0320. The SMILES string of the molecule is CCCNC(Cc1cccc(OC)c1)C1CCC(C)O1. The van der Waals surface area contributed by atoms with E-state index in [1.165, 1.54) is 12.0 Å². The van der Waals surface area contributed by atoms with Crippen molar-refractivity contribution in [3.63, 3.8) is 0 Å². The first-order valence-electron chi connectivity index (χ1n) is 7.74. The number of ether oxygens (including phenoxy) is 2. The lowest BCUT2D eigenvalue weighted by Crippen LogP contribution is -2.42. The average molecular weight is 277 g/mol. The normalized spacial score (nSPS) is 23.8. The van der Waals surface area contributed by atoms with Crippen LogP contribution in [0.3, 0.4) is 0 Å². The minimum absolute atomic E-state index is 0.336. The fourth-order valence-corrected chi connectivity index (χ4v) is 2.85. The molecule has 1 aromatic carbocycles. The summed E-state index contributed by atoms with van der Waals surface area (Å²) in [7, 11) is 1.72. The number of benzene rings is 1. The molecule has 0 spiro atoms. The third-order valence-electron chi connectivity index (χ3n) is 3.96. The summed E-state index contributed by atoms with van der Waals surface area (Å²) in [6, 6.07) is 8.74. The highest BCUT2D eigenvalue weighted by Gasteiger charge is 2.29. The van der Waals surface area contributed by atoms with E-state index in [1.54, 1.807) is 7.11 Å². The molecule has 1 aliphatic rings. The maximum absolute atomic E-state index is 6.06. The second kappa shape index (κ2) is 7.65. The molecular weight excluding hydrogens is 250 g/mol. The van der Waals surface area contributed by atoms with Crippen LogP contribution in [0.1, 0.15) is 38.7 Å². The predicted octanol–water partition coefficient (Wildman–Crippen LogP) is 3.17. The summed E-state index contributed by atoms with van der Waals surface area (Å²) in [5, 5.41) is 3.65. The number of hydrogen-bond acceptors (Lipinski definition) is 3. The summed E-state index contributed by atoms with van der Waals surface area (Å²) in [6.45, 7) is 5.42. The Balaban J connectivity index is 2.02. The van der Waals surface area contributed by atoms with Gasteiger partial charge in [0, 0.05) is 6.04 Å². The van der Waals surface area contributed by atoms with Crippen molar-refractivity contribution in [3.8, 4) is 5.75 Å². The van der Waals surface area contributed by atoms with Crippen LogP contribution in [0.15, 0.2) is 24.3 Å². The topological polar surface area (TPSA) is 30.5 Å². The Morgan fingerprint density at radius 1 is 1.40 bits per heavy atom. The molecule has 0 saturated carbocycles. The fraction of sp³-hybridized carbons (Fsp3) is 0.647. The Labute approximate surface area is 122 Å². The molecule has 3 heteroatoms. The van der Waals surface area contributed by atoms with Gasteiger partial charge in [-0.15, -0.1) is 0 Å². The molecule has 3 nitrogen and oxygen atoms in total. The van der Waals surface area contributed by atoms with Gasteiger partial charge in [-0.2, -0.15) is 0 Å². The maximum Gasteiger partial charge on any atom is 0.119 e. The van der Waals surface area contributed by atoms with Crippen molar-refractivity contribution < 1.29 is 9.47 Å². The molecule has 2 rings (SSSR count). The number of nitrogens with one attached hydrogen (secondary N) is 1. The highest BCUT2D eigenvalue weighted by molar-refractivity contribution is 5.29. The molecule has 1 aromatic rings. The summed E-state index contributed by atoms with van der Waals surface area (Å²) >= 11 is 0. The van der Waals surface area contributed by atoms with Crippen LogP contribution < -0.4 is 10.1 Å².